The van der Waals surface area contributed by atoms with Gasteiger partial charge in [-0.05, 0) is 86.5 Å². The Bertz CT molecular complexity index is 1080. The number of aromatic amines is 1. The molecule has 0 unspecified atom stereocenters. The molecular weight excluding hydrogens is 427 g/mol. The van der Waals surface area contributed by atoms with Crippen molar-refractivity contribution in [3.63, 3.8) is 0 Å². The van der Waals surface area contributed by atoms with Gasteiger partial charge in [-0.3, -0.25) is 9.69 Å². The fourth-order valence-corrected chi connectivity index (χ4v) is 5.80. The van der Waals surface area contributed by atoms with Gasteiger partial charge in [-0.25, -0.2) is 9.37 Å². The number of fused-ring (bicyclic) bond motifs is 1. The van der Waals surface area contributed by atoms with Crippen molar-refractivity contribution in [2.45, 2.75) is 57.3 Å². The Morgan fingerprint density at radius 2 is 1.91 bits per heavy atom. The summed E-state index contributed by atoms with van der Waals surface area (Å²) in [6.45, 7) is 3.55. The second kappa shape index (κ2) is 10.7. The van der Waals surface area contributed by atoms with Crippen molar-refractivity contribution < 1.29 is 9.18 Å². The topological polar surface area (TPSA) is 52.2 Å². The van der Waals surface area contributed by atoms with Crippen LogP contribution in [0, 0.1) is 11.7 Å². The summed E-state index contributed by atoms with van der Waals surface area (Å²) < 4.78 is 13.5. The molecule has 5 rings (SSSR count). The molecule has 1 saturated heterocycles. The number of rotatable bonds is 7. The van der Waals surface area contributed by atoms with Crippen molar-refractivity contribution >= 4 is 22.6 Å². The zero-order valence-corrected chi connectivity index (χ0v) is 19.9. The van der Waals surface area contributed by atoms with Gasteiger partial charge in [0.1, 0.15) is 11.6 Å². The summed E-state index contributed by atoms with van der Waals surface area (Å²) in [5.74, 6) is 1.78. The number of hydrogen-bond acceptors (Lipinski definition) is 3. The lowest BCUT2D eigenvalue weighted by Gasteiger charge is -2.34. The molecule has 1 aliphatic heterocycles. The van der Waals surface area contributed by atoms with Gasteiger partial charge < -0.3 is 9.88 Å². The molecule has 2 aliphatic rings. The van der Waals surface area contributed by atoms with Gasteiger partial charge in [0, 0.05) is 42.8 Å². The number of hydrogen-bond donors (Lipinski definition) is 1. The van der Waals surface area contributed by atoms with Crippen LogP contribution in [0.15, 0.2) is 48.8 Å². The molecule has 0 spiro atoms. The maximum atomic E-state index is 13.5. The summed E-state index contributed by atoms with van der Waals surface area (Å²) in [5, 5.41) is 1.13. The number of benzene rings is 1. The first kappa shape index (κ1) is 23.0. The molecular formula is C28H35FN4O. The fraction of sp³-hybridized carbons (Fsp3) is 0.500. The Balaban J connectivity index is 1.19. The Labute approximate surface area is 201 Å². The molecule has 2 fully saturated rings. The summed E-state index contributed by atoms with van der Waals surface area (Å²) in [5.41, 5.74) is 2.17. The number of piperidine rings is 1. The van der Waals surface area contributed by atoms with Crippen molar-refractivity contribution in [1.82, 2.24) is 14.9 Å². The van der Waals surface area contributed by atoms with Crippen molar-refractivity contribution in [2.75, 3.05) is 31.1 Å². The Kier molecular flexibility index (Phi) is 7.24. The zero-order valence-electron chi connectivity index (χ0n) is 19.9. The van der Waals surface area contributed by atoms with E-state index in [-0.39, 0.29) is 11.7 Å². The number of anilines is 1. The fourth-order valence-electron chi connectivity index (χ4n) is 5.80. The van der Waals surface area contributed by atoms with E-state index >= 15 is 0 Å². The van der Waals surface area contributed by atoms with E-state index in [4.69, 9.17) is 0 Å². The number of carbonyl (C=O) groups excluding carboxylic acids is 1. The van der Waals surface area contributed by atoms with E-state index in [0.29, 0.717) is 24.8 Å². The molecule has 1 N–H and O–H groups in total. The minimum absolute atomic E-state index is 0.203. The second-order valence-corrected chi connectivity index (χ2v) is 9.99. The normalized spacial score (nSPS) is 18.4. The van der Waals surface area contributed by atoms with Gasteiger partial charge >= 0.3 is 0 Å². The van der Waals surface area contributed by atoms with Crippen LogP contribution in [0.25, 0.3) is 10.9 Å². The van der Waals surface area contributed by atoms with Crippen LogP contribution in [-0.4, -0.2) is 47.0 Å². The minimum Gasteiger partial charge on any atom is -0.361 e. The third kappa shape index (κ3) is 5.33. The summed E-state index contributed by atoms with van der Waals surface area (Å²) in [4.78, 5) is 25.4. The molecule has 0 bridgehead atoms. The Hall–Kier alpha value is -2.73. The molecule has 1 aromatic carbocycles. The molecule has 1 saturated carbocycles. The molecule has 2 aromatic heterocycles. The predicted molar refractivity (Wildman–Crippen MR) is 134 cm³/mol. The van der Waals surface area contributed by atoms with Crippen LogP contribution in [0.4, 0.5) is 10.2 Å². The molecule has 6 heteroatoms. The lowest BCUT2D eigenvalue weighted by Crippen LogP contribution is -2.42. The van der Waals surface area contributed by atoms with Crippen molar-refractivity contribution in [1.29, 1.82) is 0 Å². The highest BCUT2D eigenvalue weighted by Crippen LogP contribution is 2.33. The largest absolute Gasteiger partial charge is 0.361 e. The van der Waals surface area contributed by atoms with Gasteiger partial charge in [0.05, 0.1) is 0 Å². The quantitative estimate of drug-likeness (QED) is 0.477. The third-order valence-corrected chi connectivity index (χ3v) is 7.76. The smallest absolute Gasteiger partial charge is 0.228 e. The Morgan fingerprint density at radius 3 is 2.68 bits per heavy atom. The van der Waals surface area contributed by atoms with Gasteiger partial charge in [0.2, 0.25) is 5.91 Å². The number of aromatic nitrogens is 2. The van der Waals surface area contributed by atoms with Crippen LogP contribution in [0.1, 0.15) is 62.8 Å². The number of nitrogens with one attached hydrogen (secondary N) is 1. The average molecular weight is 463 g/mol. The average Bonchev–Trinajstić information content (AvgIpc) is 3.29. The van der Waals surface area contributed by atoms with E-state index in [1.807, 2.05) is 29.2 Å². The van der Waals surface area contributed by atoms with Crippen LogP contribution in [0.5, 0.6) is 0 Å². The van der Waals surface area contributed by atoms with Gasteiger partial charge in [0.15, 0.2) is 0 Å². The molecule has 0 radical (unpaired) electrons. The molecule has 180 valence electrons. The van der Waals surface area contributed by atoms with Crippen LogP contribution in [-0.2, 0) is 4.79 Å². The number of halogens is 1. The predicted octanol–water partition coefficient (Wildman–Crippen LogP) is 5.89. The highest BCUT2D eigenvalue weighted by Gasteiger charge is 2.26. The van der Waals surface area contributed by atoms with Gasteiger partial charge in [-0.1, -0.05) is 25.3 Å². The molecule has 34 heavy (non-hydrogen) atoms. The standard InChI is InChI=1S/C28H35FN4O/c29-23-9-10-24-25(20-31-26(24)19-23)22-11-14-32(15-12-22)16-17-33(27-8-4-5-13-30-27)28(34)18-21-6-2-1-3-7-21/h4-5,8-10,13,19-22,31H,1-3,6-7,11-12,14-18H2. The van der Waals surface area contributed by atoms with Crippen LogP contribution in [0.2, 0.25) is 0 Å². The maximum absolute atomic E-state index is 13.5. The van der Waals surface area contributed by atoms with Gasteiger partial charge in [-0.15, -0.1) is 0 Å². The summed E-state index contributed by atoms with van der Waals surface area (Å²) >= 11 is 0. The third-order valence-electron chi connectivity index (χ3n) is 7.76. The lowest BCUT2D eigenvalue weighted by atomic mass is 9.86. The molecule has 3 heterocycles. The van der Waals surface area contributed by atoms with Crippen LogP contribution >= 0.6 is 0 Å². The summed E-state index contributed by atoms with van der Waals surface area (Å²) in [6, 6.07) is 10.8. The first-order valence-corrected chi connectivity index (χ1v) is 12.9. The maximum Gasteiger partial charge on any atom is 0.228 e. The highest BCUT2D eigenvalue weighted by atomic mass is 19.1. The van der Waals surface area contributed by atoms with Crippen molar-refractivity contribution in [3.8, 4) is 0 Å². The lowest BCUT2D eigenvalue weighted by molar-refractivity contribution is -0.119. The second-order valence-electron chi connectivity index (χ2n) is 9.99. The van der Waals surface area contributed by atoms with E-state index < -0.39 is 0 Å². The van der Waals surface area contributed by atoms with E-state index in [9.17, 15) is 9.18 Å². The first-order chi connectivity index (χ1) is 16.7. The monoisotopic (exact) mass is 462 g/mol. The van der Waals surface area contributed by atoms with Gasteiger partial charge in [0.25, 0.3) is 0 Å². The summed E-state index contributed by atoms with van der Waals surface area (Å²) in [6.07, 6.45) is 12.8. The molecule has 1 aliphatic carbocycles. The first-order valence-electron chi connectivity index (χ1n) is 12.9. The van der Waals surface area contributed by atoms with E-state index in [2.05, 4.69) is 21.1 Å². The number of pyridine rings is 1. The molecule has 3 aromatic rings. The van der Waals surface area contributed by atoms with E-state index in [1.54, 1.807) is 18.3 Å². The summed E-state index contributed by atoms with van der Waals surface area (Å²) in [7, 11) is 0. The van der Waals surface area contributed by atoms with Crippen LogP contribution < -0.4 is 4.90 Å². The van der Waals surface area contributed by atoms with Crippen LogP contribution in [0.3, 0.4) is 0 Å². The number of amides is 1. The number of nitrogens with zero attached hydrogens (tertiary/aromatic N) is 3. The highest BCUT2D eigenvalue weighted by molar-refractivity contribution is 5.92. The van der Waals surface area contributed by atoms with E-state index in [0.717, 1.165) is 49.2 Å². The zero-order chi connectivity index (χ0) is 23.3. The minimum atomic E-state index is -0.203. The number of likely N-dealkylation sites (tertiary alicyclic amines) is 1. The molecule has 5 nitrogen and oxygen atoms in total. The Morgan fingerprint density at radius 1 is 1.09 bits per heavy atom. The number of H-pyrrole nitrogens is 1. The molecule has 1 amide bonds. The van der Waals surface area contributed by atoms with E-state index in [1.165, 1.54) is 37.7 Å². The molecule has 0 atom stereocenters. The SMILES string of the molecule is O=C(CC1CCCCC1)N(CCN1CCC(c2c[nH]c3cc(F)ccc23)CC1)c1ccccn1. The van der Waals surface area contributed by atoms with Crippen molar-refractivity contribution in [3.05, 3.63) is 60.2 Å². The van der Waals surface area contributed by atoms with Gasteiger partial charge in [-0.2, -0.15) is 0 Å². The number of carbonyl (C=O) groups is 1. The van der Waals surface area contributed by atoms with Crippen molar-refractivity contribution in [2.24, 2.45) is 5.92 Å².